The lowest BCUT2D eigenvalue weighted by atomic mass is 10.1. The van der Waals surface area contributed by atoms with Crippen molar-refractivity contribution >= 4 is 21.7 Å². The van der Waals surface area contributed by atoms with Crippen LogP contribution in [0.5, 0.6) is 5.75 Å². The number of rotatable bonds is 4. The maximum absolute atomic E-state index is 11.7. The Hall–Kier alpha value is -0.870. The van der Waals surface area contributed by atoms with Crippen LogP contribution in [-0.2, 0) is 0 Å². The molecule has 1 aromatic rings. The van der Waals surface area contributed by atoms with Crippen LogP contribution in [0.15, 0.2) is 16.6 Å². The van der Waals surface area contributed by atoms with Crippen molar-refractivity contribution in [3.63, 3.8) is 0 Å². The molecule has 0 amide bonds. The van der Waals surface area contributed by atoms with Crippen LogP contribution in [0.1, 0.15) is 22.3 Å². The molecule has 0 radical (unpaired) electrons. The highest BCUT2D eigenvalue weighted by Crippen LogP contribution is 2.32. The minimum absolute atomic E-state index is 0.00931. The van der Waals surface area contributed by atoms with Crippen molar-refractivity contribution in [2.75, 3.05) is 13.7 Å². The molecule has 0 aliphatic heterocycles. The molecular formula is C11H14BrNO2. The number of halogens is 1. The van der Waals surface area contributed by atoms with Gasteiger partial charge in [-0.15, -0.1) is 0 Å². The summed E-state index contributed by atoms with van der Waals surface area (Å²) < 4.78 is 6.04. The Labute approximate surface area is 97.7 Å². The molecule has 0 aliphatic rings. The third kappa shape index (κ3) is 2.58. The van der Waals surface area contributed by atoms with Crippen LogP contribution in [0.4, 0.5) is 0 Å². The number of carbonyl (C=O) groups is 1. The van der Waals surface area contributed by atoms with Gasteiger partial charge in [-0.2, -0.15) is 0 Å². The zero-order valence-electron chi connectivity index (χ0n) is 8.84. The van der Waals surface area contributed by atoms with Gasteiger partial charge in [0.2, 0.25) is 0 Å². The highest BCUT2D eigenvalue weighted by Gasteiger charge is 2.15. The van der Waals surface area contributed by atoms with Crippen molar-refractivity contribution < 1.29 is 9.53 Å². The van der Waals surface area contributed by atoms with E-state index < -0.39 is 0 Å². The van der Waals surface area contributed by atoms with Gasteiger partial charge in [-0.1, -0.05) is 6.07 Å². The average molecular weight is 272 g/mol. The smallest absolute Gasteiger partial charge is 0.167 e. The number of benzene rings is 1. The third-order valence-electron chi connectivity index (χ3n) is 2.17. The molecule has 0 saturated carbocycles. The number of ether oxygens (including phenoxy) is 1. The molecule has 0 heterocycles. The standard InChI is InChI=1S/C11H14BrNO2/c1-7-3-4-8(9(14)5-6-13)11(15-2)10(7)12/h3-4H,5-6,13H2,1-2H3. The van der Waals surface area contributed by atoms with Crippen LogP contribution >= 0.6 is 15.9 Å². The summed E-state index contributed by atoms with van der Waals surface area (Å²) in [5, 5.41) is 0. The van der Waals surface area contributed by atoms with Crippen LogP contribution in [0.2, 0.25) is 0 Å². The Balaban J connectivity index is 3.18. The van der Waals surface area contributed by atoms with Crippen LogP contribution in [0.25, 0.3) is 0 Å². The highest BCUT2D eigenvalue weighted by molar-refractivity contribution is 9.10. The summed E-state index contributed by atoms with van der Waals surface area (Å²) in [4.78, 5) is 11.7. The highest BCUT2D eigenvalue weighted by atomic mass is 79.9. The SMILES string of the molecule is COc1c(C(=O)CCN)ccc(C)c1Br. The topological polar surface area (TPSA) is 52.3 Å². The van der Waals surface area contributed by atoms with Crippen LogP contribution in [0.3, 0.4) is 0 Å². The van der Waals surface area contributed by atoms with Crippen molar-refractivity contribution in [2.24, 2.45) is 5.73 Å². The maximum atomic E-state index is 11.7. The van der Waals surface area contributed by atoms with Crippen LogP contribution in [-0.4, -0.2) is 19.4 Å². The first-order valence-corrected chi connectivity index (χ1v) is 5.47. The Morgan fingerprint density at radius 2 is 2.20 bits per heavy atom. The van der Waals surface area contributed by atoms with Gasteiger partial charge >= 0.3 is 0 Å². The molecule has 0 aliphatic carbocycles. The minimum atomic E-state index is 0.00931. The summed E-state index contributed by atoms with van der Waals surface area (Å²) in [6.45, 7) is 2.30. The van der Waals surface area contributed by atoms with Crippen LogP contribution in [0, 0.1) is 6.92 Å². The van der Waals surface area contributed by atoms with Crippen molar-refractivity contribution in [3.05, 3.63) is 27.7 Å². The van der Waals surface area contributed by atoms with Gasteiger partial charge in [0.25, 0.3) is 0 Å². The first kappa shape index (κ1) is 12.2. The second-order valence-electron chi connectivity index (χ2n) is 3.24. The second-order valence-corrected chi connectivity index (χ2v) is 4.03. The number of ketones is 1. The molecule has 0 aromatic heterocycles. The molecule has 0 spiro atoms. The molecule has 82 valence electrons. The van der Waals surface area contributed by atoms with E-state index in [-0.39, 0.29) is 5.78 Å². The van der Waals surface area contributed by atoms with E-state index in [1.165, 1.54) is 0 Å². The second kappa shape index (κ2) is 5.28. The van der Waals surface area contributed by atoms with E-state index in [4.69, 9.17) is 10.5 Å². The Bertz CT molecular complexity index is 377. The molecule has 1 aromatic carbocycles. The summed E-state index contributed by atoms with van der Waals surface area (Å²) in [5.74, 6) is 0.600. The van der Waals surface area contributed by atoms with E-state index in [1.54, 1.807) is 13.2 Å². The van der Waals surface area contributed by atoms with Gasteiger partial charge in [-0.25, -0.2) is 0 Å². The molecular weight excluding hydrogens is 258 g/mol. The number of carbonyl (C=O) groups excluding carboxylic acids is 1. The molecule has 4 heteroatoms. The first-order valence-electron chi connectivity index (χ1n) is 4.68. The molecule has 0 fully saturated rings. The fraction of sp³-hybridized carbons (Fsp3) is 0.364. The Morgan fingerprint density at radius 3 is 2.73 bits per heavy atom. The zero-order chi connectivity index (χ0) is 11.4. The average Bonchev–Trinajstić information content (AvgIpc) is 2.22. The number of methoxy groups -OCH3 is 1. The zero-order valence-corrected chi connectivity index (χ0v) is 10.4. The fourth-order valence-corrected chi connectivity index (χ4v) is 1.85. The minimum Gasteiger partial charge on any atom is -0.495 e. The van der Waals surface area contributed by atoms with E-state index in [2.05, 4.69) is 15.9 Å². The van der Waals surface area contributed by atoms with Crippen molar-refractivity contribution in [3.8, 4) is 5.75 Å². The van der Waals surface area contributed by atoms with Gasteiger partial charge in [-0.05, 0) is 41.0 Å². The third-order valence-corrected chi connectivity index (χ3v) is 3.15. The lowest BCUT2D eigenvalue weighted by Crippen LogP contribution is -2.09. The van der Waals surface area contributed by atoms with Crippen LogP contribution < -0.4 is 10.5 Å². The van der Waals surface area contributed by atoms with Gasteiger partial charge < -0.3 is 10.5 Å². The van der Waals surface area contributed by atoms with Gasteiger partial charge in [0.1, 0.15) is 5.75 Å². The Morgan fingerprint density at radius 1 is 1.53 bits per heavy atom. The summed E-state index contributed by atoms with van der Waals surface area (Å²) in [7, 11) is 1.55. The van der Waals surface area contributed by atoms with E-state index in [0.29, 0.717) is 24.3 Å². The number of aryl methyl sites for hydroxylation is 1. The number of hydrogen-bond acceptors (Lipinski definition) is 3. The summed E-state index contributed by atoms with van der Waals surface area (Å²) in [6, 6.07) is 3.66. The van der Waals surface area contributed by atoms with Gasteiger partial charge in [0.05, 0.1) is 17.1 Å². The normalized spacial score (nSPS) is 10.1. The number of hydrogen-bond donors (Lipinski definition) is 1. The van der Waals surface area contributed by atoms with E-state index in [0.717, 1.165) is 10.0 Å². The van der Waals surface area contributed by atoms with E-state index >= 15 is 0 Å². The first-order chi connectivity index (χ1) is 7.11. The predicted molar refractivity (Wildman–Crippen MR) is 63.4 cm³/mol. The fourth-order valence-electron chi connectivity index (χ4n) is 1.34. The lowest BCUT2D eigenvalue weighted by Gasteiger charge is -2.11. The number of Topliss-reactive ketones (excluding diaryl/α,β-unsaturated/α-hetero) is 1. The van der Waals surface area contributed by atoms with Gasteiger partial charge in [-0.3, -0.25) is 4.79 Å². The van der Waals surface area contributed by atoms with Crippen molar-refractivity contribution in [1.29, 1.82) is 0 Å². The quantitative estimate of drug-likeness (QED) is 0.855. The summed E-state index contributed by atoms with van der Waals surface area (Å²) in [6.07, 6.45) is 0.339. The Kier molecular flexibility index (Phi) is 4.29. The molecule has 0 saturated heterocycles. The maximum Gasteiger partial charge on any atom is 0.167 e. The van der Waals surface area contributed by atoms with Gasteiger partial charge in [0, 0.05) is 6.42 Å². The molecule has 15 heavy (non-hydrogen) atoms. The number of nitrogens with two attached hydrogens (primary N) is 1. The lowest BCUT2D eigenvalue weighted by molar-refractivity contribution is 0.0982. The van der Waals surface area contributed by atoms with E-state index in [1.807, 2.05) is 13.0 Å². The largest absolute Gasteiger partial charge is 0.495 e. The monoisotopic (exact) mass is 271 g/mol. The molecule has 1 rings (SSSR count). The predicted octanol–water partition coefficient (Wildman–Crippen LogP) is 2.30. The molecule has 3 nitrogen and oxygen atoms in total. The summed E-state index contributed by atoms with van der Waals surface area (Å²) in [5.41, 5.74) is 6.97. The molecule has 0 bridgehead atoms. The van der Waals surface area contributed by atoms with E-state index in [9.17, 15) is 4.79 Å². The molecule has 0 atom stereocenters. The van der Waals surface area contributed by atoms with Crippen molar-refractivity contribution in [2.45, 2.75) is 13.3 Å². The van der Waals surface area contributed by atoms with Gasteiger partial charge in [0.15, 0.2) is 5.78 Å². The molecule has 2 N–H and O–H groups in total. The molecule has 0 unspecified atom stereocenters. The summed E-state index contributed by atoms with van der Waals surface area (Å²) >= 11 is 3.40. The van der Waals surface area contributed by atoms with Crippen molar-refractivity contribution in [1.82, 2.24) is 0 Å².